The zero-order chi connectivity index (χ0) is 15.4. The van der Waals surface area contributed by atoms with Crippen molar-refractivity contribution in [3.05, 3.63) is 40.9 Å². The van der Waals surface area contributed by atoms with E-state index < -0.39 is 0 Å². The largest absolute Gasteiger partial charge is 0.370 e. The Morgan fingerprint density at radius 2 is 2.05 bits per heavy atom. The molecule has 0 aliphatic heterocycles. The second-order valence-corrected chi connectivity index (χ2v) is 5.63. The summed E-state index contributed by atoms with van der Waals surface area (Å²) in [6.07, 6.45) is 2.46. The van der Waals surface area contributed by atoms with Crippen LogP contribution in [-0.2, 0) is 0 Å². The molecule has 0 fully saturated rings. The minimum absolute atomic E-state index is 0.177. The summed E-state index contributed by atoms with van der Waals surface area (Å²) in [6.45, 7) is 7.00. The molecule has 1 aromatic carbocycles. The van der Waals surface area contributed by atoms with Crippen molar-refractivity contribution in [1.82, 2.24) is 9.97 Å². The van der Waals surface area contributed by atoms with Crippen molar-refractivity contribution >= 4 is 17.4 Å². The molecule has 0 aliphatic rings. The number of benzene rings is 1. The summed E-state index contributed by atoms with van der Waals surface area (Å²) >= 11 is 5.82. The SMILES string of the molecule is CCCNc1ncnc(-c2ccc(Cl)cc2F)c1C(C)C. The minimum Gasteiger partial charge on any atom is -0.370 e. The van der Waals surface area contributed by atoms with E-state index in [9.17, 15) is 4.39 Å². The zero-order valence-electron chi connectivity index (χ0n) is 12.5. The molecule has 5 heteroatoms. The first-order chi connectivity index (χ1) is 10.0. The topological polar surface area (TPSA) is 37.8 Å². The van der Waals surface area contributed by atoms with E-state index in [1.54, 1.807) is 12.1 Å². The van der Waals surface area contributed by atoms with Crippen LogP contribution in [0.3, 0.4) is 0 Å². The third kappa shape index (κ3) is 3.50. The molecular formula is C16H19ClFN3. The molecule has 1 heterocycles. The Morgan fingerprint density at radius 1 is 1.29 bits per heavy atom. The highest BCUT2D eigenvalue weighted by Gasteiger charge is 2.18. The van der Waals surface area contributed by atoms with Gasteiger partial charge < -0.3 is 5.32 Å². The molecule has 2 rings (SSSR count). The fraction of sp³-hybridized carbons (Fsp3) is 0.375. The Balaban J connectivity index is 2.57. The molecule has 0 amide bonds. The molecule has 0 atom stereocenters. The van der Waals surface area contributed by atoms with Gasteiger partial charge in [-0.1, -0.05) is 32.4 Å². The van der Waals surface area contributed by atoms with E-state index in [-0.39, 0.29) is 11.7 Å². The van der Waals surface area contributed by atoms with E-state index in [0.717, 1.165) is 24.3 Å². The molecule has 0 saturated carbocycles. The molecule has 0 aliphatic carbocycles. The number of halogens is 2. The van der Waals surface area contributed by atoms with Crippen LogP contribution in [0.15, 0.2) is 24.5 Å². The van der Waals surface area contributed by atoms with E-state index in [2.05, 4.69) is 22.2 Å². The van der Waals surface area contributed by atoms with Crippen LogP contribution in [0.1, 0.15) is 38.7 Å². The number of rotatable bonds is 5. The van der Waals surface area contributed by atoms with Crippen molar-refractivity contribution in [2.24, 2.45) is 0 Å². The first-order valence-electron chi connectivity index (χ1n) is 7.08. The normalized spacial score (nSPS) is 11.0. The summed E-state index contributed by atoms with van der Waals surface area (Å²) in [6, 6.07) is 4.64. The first-order valence-corrected chi connectivity index (χ1v) is 7.46. The smallest absolute Gasteiger partial charge is 0.134 e. The Bertz CT molecular complexity index is 629. The molecule has 0 radical (unpaired) electrons. The lowest BCUT2D eigenvalue weighted by molar-refractivity contribution is 0.630. The van der Waals surface area contributed by atoms with E-state index in [1.807, 2.05) is 13.8 Å². The second kappa shape index (κ2) is 6.85. The van der Waals surface area contributed by atoms with Gasteiger partial charge in [0, 0.05) is 22.7 Å². The average Bonchev–Trinajstić information content (AvgIpc) is 2.44. The maximum absolute atomic E-state index is 14.2. The Morgan fingerprint density at radius 3 is 2.67 bits per heavy atom. The zero-order valence-corrected chi connectivity index (χ0v) is 13.2. The quantitative estimate of drug-likeness (QED) is 0.855. The molecule has 0 spiro atoms. The minimum atomic E-state index is -0.371. The standard InChI is InChI=1S/C16H19ClFN3/c1-4-7-19-16-14(10(2)3)15(20-9-21-16)12-6-5-11(17)8-13(12)18/h5-6,8-10H,4,7H2,1-3H3,(H,19,20,21). The van der Waals surface area contributed by atoms with Crippen molar-refractivity contribution in [2.75, 3.05) is 11.9 Å². The van der Waals surface area contributed by atoms with Crippen LogP contribution in [0.4, 0.5) is 10.2 Å². The Kier molecular flexibility index (Phi) is 5.12. The molecule has 21 heavy (non-hydrogen) atoms. The maximum atomic E-state index is 14.2. The van der Waals surface area contributed by atoms with Gasteiger partial charge in [-0.05, 0) is 30.5 Å². The molecule has 3 nitrogen and oxygen atoms in total. The van der Waals surface area contributed by atoms with Gasteiger partial charge in [0.05, 0.1) is 5.69 Å². The summed E-state index contributed by atoms with van der Waals surface area (Å²) in [7, 11) is 0. The molecule has 1 aromatic heterocycles. The van der Waals surface area contributed by atoms with Gasteiger partial charge in [-0.15, -0.1) is 0 Å². The van der Waals surface area contributed by atoms with Crippen molar-refractivity contribution in [3.8, 4) is 11.3 Å². The van der Waals surface area contributed by atoms with E-state index >= 15 is 0 Å². The van der Waals surface area contributed by atoms with Crippen LogP contribution in [-0.4, -0.2) is 16.5 Å². The molecule has 112 valence electrons. The van der Waals surface area contributed by atoms with Crippen molar-refractivity contribution in [3.63, 3.8) is 0 Å². The number of nitrogens with one attached hydrogen (secondary N) is 1. The molecule has 2 aromatic rings. The van der Waals surface area contributed by atoms with E-state index in [0.29, 0.717) is 16.3 Å². The van der Waals surface area contributed by atoms with Gasteiger partial charge >= 0.3 is 0 Å². The highest BCUT2D eigenvalue weighted by atomic mass is 35.5. The lowest BCUT2D eigenvalue weighted by Crippen LogP contribution is -2.09. The lowest BCUT2D eigenvalue weighted by atomic mass is 9.97. The van der Waals surface area contributed by atoms with Gasteiger partial charge in [-0.25, -0.2) is 14.4 Å². The number of nitrogens with zero attached hydrogens (tertiary/aromatic N) is 2. The average molecular weight is 308 g/mol. The number of aromatic nitrogens is 2. The summed E-state index contributed by atoms with van der Waals surface area (Å²) in [5.41, 5.74) is 1.99. The van der Waals surface area contributed by atoms with Crippen LogP contribution in [0.5, 0.6) is 0 Å². The molecule has 0 bridgehead atoms. The summed E-state index contributed by atoms with van der Waals surface area (Å²) in [5, 5.41) is 3.66. The number of hydrogen-bond acceptors (Lipinski definition) is 3. The number of hydrogen-bond donors (Lipinski definition) is 1. The molecular weight excluding hydrogens is 289 g/mol. The Hall–Kier alpha value is -1.68. The third-order valence-corrected chi connectivity index (χ3v) is 3.43. The Labute approximate surface area is 129 Å². The lowest BCUT2D eigenvalue weighted by Gasteiger charge is -2.17. The van der Waals surface area contributed by atoms with Gasteiger partial charge in [-0.2, -0.15) is 0 Å². The highest BCUT2D eigenvalue weighted by Crippen LogP contribution is 2.33. The van der Waals surface area contributed by atoms with Crippen LogP contribution < -0.4 is 5.32 Å². The van der Waals surface area contributed by atoms with Gasteiger partial charge in [0.1, 0.15) is 18.0 Å². The fourth-order valence-electron chi connectivity index (χ4n) is 2.22. The van der Waals surface area contributed by atoms with E-state index in [4.69, 9.17) is 11.6 Å². The van der Waals surface area contributed by atoms with Gasteiger partial charge in [0.2, 0.25) is 0 Å². The van der Waals surface area contributed by atoms with E-state index in [1.165, 1.54) is 12.4 Å². The summed E-state index contributed by atoms with van der Waals surface area (Å²) < 4.78 is 14.2. The van der Waals surface area contributed by atoms with Crippen molar-refractivity contribution < 1.29 is 4.39 Å². The van der Waals surface area contributed by atoms with Gasteiger partial charge in [0.25, 0.3) is 0 Å². The maximum Gasteiger partial charge on any atom is 0.134 e. The predicted molar refractivity (Wildman–Crippen MR) is 85.3 cm³/mol. The van der Waals surface area contributed by atoms with Crippen molar-refractivity contribution in [1.29, 1.82) is 0 Å². The third-order valence-electron chi connectivity index (χ3n) is 3.19. The molecule has 1 N–H and O–H groups in total. The fourth-order valence-corrected chi connectivity index (χ4v) is 2.38. The predicted octanol–water partition coefficient (Wildman–Crippen LogP) is 4.88. The highest BCUT2D eigenvalue weighted by molar-refractivity contribution is 6.30. The second-order valence-electron chi connectivity index (χ2n) is 5.19. The summed E-state index contributed by atoms with van der Waals surface area (Å²) in [4.78, 5) is 8.60. The first kappa shape index (κ1) is 15.7. The molecule has 0 unspecified atom stereocenters. The van der Waals surface area contributed by atoms with Crippen LogP contribution >= 0.6 is 11.6 Å². The number of anilines is 1. The van der Waals surface area contributed by atoms with Crippen LogP contribution in [0, 0.1) is 5.82 Å². The van der Waals surface area contributed by atoms with Gasteiger partial charge in [-0.3, -0.25) is 0 Å². The molecule has 0 saturated heterocycles. The van der Waals surface area contributed by atoms with Crippen molar-refractivity contribution in [2.45, 2.75) is 33.1 Å². The van der Waals surface area contributed by atoms with Gasteiger partial charge in [0.15, 0.2) is 0 Å². The van der Waals surface area contributed by atoms with Crippen LogP contribution in [0.2, 0.25) is 5.02 Å². The monoisotopic (exact) mass is 307 g/mol. The summed E-state index contributed by atoms with van der Waals surface area (Å²) in [5.74, 6) is 0.575. The van der Waals surface area contributed by atoms with Crippen LogP contribution in [0.25, 0.3) is 11.3 Å².